The smallest absolute Gasteiger partial charge is 0.258 e. The van der Waals surface area contributed by atoms with Gasteiger partial charge in [-0.15, -0.1) is 0 Å². The zero-order valence-electron chi connectivity index (χ0n) is 13.5. The third-order valence-electron chi connectivity index (χ3n) is 3.79. The van der Waals surface area contributed by atoms with E-state index in [1.165, 1.54) is 5.39 Å². The molecule has 0 aliphatic heterocycles. The minimum atomic E-state index is -0.154. The number of hydrogen-bond acceptors (Lipinski definition) is 3. The molecule has 0 saturated carbocycles. The number of amides is 1. The van der Waals surface area contributed by atoms with Crippen molar-refractivity contribution in [2.24, 2.45) is 0 Å². The lowest BCUT2D eigenvalue weighted by atomic mass is 10.0. The lowest BCUT2D eigenvalue weighted by molar-refractivity contribution is -0.123. The fourth-order valence-electron chi connectivity index (χ4n) is 2.51. The van der Waals surface area contributed by atoms with Crippen LogP contribution in [0.5, 0.6) is 11.5 Å². The number of hydrogen-bond donors (Lipinski definition) is 1. The molecular formula is C20H19NO3. The lowest BCUT2D eigenvalue weighted by Crippen LogP contribution is -2.28. The number of ether oxygens (including phenoxy) is 2. The van der Waals surface area contributed by atoms with Gasteiger partial charge in [-0.3, -0.25) is 4.79 Å². The molecule has 0 spiro atoms. The van der Waals surface area contributed by atoms with Crippen LogP contribution in [-0.2, 0) is 11.3 Å². The molecule has 3 rings (SSSR count). The summed E-state index contributed by atoms with van der Waals surface area (Å²) >= 11 is 0. The van der Waals surface area contributed by atoms with E-state index in [4.69, 9.17) is 9.47 Å². The van der Waals surface area contributed by atoms with Gasteiger partial charge in [0, 0.05) is 6.54 Å². The predicted molar refractivity (Wildman–Crippen MR) is 94.3 cm³/mol. The summed E-state index contributed by atoms with van der Waals surface area (Å²) in [5.74, 6) is 1.23. The van der Waals surface area contributed by atoms with Gasteiger partial charge in [0.2, 0.25) is 0 Å². The standard InChI is InChI=1S/C20H19NO3/c1-23-17-9-11-18(12-10-17)24-14-20(22)21-13-16-7-4-6-15-5-2-3-8-19(15)16/h2-12H,13-14H2,1H3,(H,21,22). The molecule has 0 saturated heterocycles. The molecule has 1 amide bonds. The second-order valence-electron chi connectivity index (χ2n) is 5.38. The van der Waals surface area contributed by atoms with Crippen LogP contribution < -0.4 is 14.8 Å². The molecule has 0 unspecified atom stereocenters. The fourth-order valence-corrected chi connectivity index (χ4v) is 2.51. The van der Waals surface area contributed by atoms with E-state index in [0.29, 0.717) is 12.3 Å². The van der Waals surface area contributed by atoms with Crippen LogP contribution in [0, 0.1) is 0 Å². The van der Waals surface area contributed by atoms with Crippen LogP contribution in [-0.4, -0.2) is 19.6 Å². The molecule has 0 heterocycles. The monoisotopic (exact) mass is 321 g/mol. The molecule has 3 aromatic rings. The summed E-state index contributed by atoms with van der Waals surface area (Å²) in [4.78, 5) is 12.0. The van der Waals surface area contributed by atoms with Crippen molar-refractivity contribution in [1.29, 1.82) is 0 Å². The van der Waals surface area contributed by atoms with Gasteiger partial charge < -0.3 is 14.8 Å². The summed E-state index contributed by atoms with van der Waals surface area (Å²) in [5, 5.41) is 5.21. The molecule has 0 aliphatic rings. The Morgan fingerprint density at radius 3 is 2.42 bits per heavy atom. The van der Waals surface area contributed by atoms with Crippen LogP contribution >= 0.6 is 0 Å². The van der Waals surface area contributed by atoms with E-state index in [9.17, 15) is 4.79 Å². The van der Waals surface area contributed by atoms with Crippen molar-refractivity contribution in [1.82, 2.24) is 5.32 Å². The maximum atomic E-state index is 12.0. The molecule has 0 radical (unpaired) electrons. The maximum Gasteiger partial charge on any atom is 0.258 e. The maximum absolute atomic E-state index is 12.0. The number of benzene rings is 3. The van der Waals surface area contributed by atoms with Crippen LogP contribution in [0.3, 0.4) is 0 Å². The summed E-state index contributed by atoms with van der Waals surface area (Å²) in [6.45, 7) is 0.462. The van der Waals surface area contributed by atoms with E-state index in [-0.39, 0.29) is 12.5 Å². The Morgan fingerprint density at radius 1 is 0.917 bits per heavy atom. The number of rotatable bonds is 6. The largest absolute Gasteiger partial charge is 0.497 e. The van der Waals surface area contributed by atoms with Crippen molar-refractivity contribution in [3.05, 3.63) is 72.3 Å². The Kier molecular flexibility index (Phi) is 4.96. The van der Waals surface area contributed by atoms with Crippen LogP contribution in [0.1, 0.15) is 5.56 Å². The molecule has 4 nitrogen and oxygen atoms in total. The first-order valence-electron chi connectivity index (χ1n) is 7.76. The molecular weight excluding hydrogens is 302 g/mol. The number of carbonyl (C=O) groups excluding carboxylic acids is 1. The number of fused-ring (bicyclic) bond motifs is 1. The Morgan fingerprint density at radius 2 is 1.62 bits per heavy atom. The zero-order valence-corrected chi connectivity index (χ0v) is 13.5. The molecule has 0 atom stereocenters. The molecule has 0 aromatic heterocycles. The quantitative estimate of drug-likeness (QED) is 0.755. The molecule has 24 heavy (non-hydrogen) atoms. The van der Waals surface area contributed by atoms with Gasteiger partial charge in [-0.25, -0.2) is 0 Å². The Bertz CT molecular complexity index is 822. The van der Waals surface area contributed by atoms with Crippen molar-refractivity contribution < 1.29 is 14.3 Å². The van der Waals surface area contributed by atoms with Crippen LogP contribution in [0.25, 0.3) is 10.8 Å². The first-order chi connectivity index (χ1) is 11.8. The van der Waals surface area contributed by atoms with E-state index in [1.54, 1.807) is 31.4 Å². The van der Waals surface area contributed by atoms with Crippen molar-refractivity contribution in [2.75, 3.05) is 13.7 Å². The summed E-state index contributed by atoms with van der Waals surface area (Å²) in [6.07, 6.45) is 0. The minimum absolute atomic E-state index is 0.0168. The van der Waals surface area contributed by atoms with Gasteiger partial charge in [0.05, 0.1) is 7.11 Å². The Hall–Kier alpha value is -3.01. The van der Waals surface area contributed by atoms with E-state index >= 15 is 0 Å². The third kappa shape index (κ3) is 3.84. The Balaban J connectivity index is 1.55. The van der Waals surface area contributed by atoms with E-state index in [0.717, 1.165) is 16.7 Å². The minimum Gasteiger partial charge on any atom is -0.497 e. The first-order valence-corrected chi connectivity index (χ1v) is 7.76. The molecule has 122 valence electrons. The van der Waals surface area contributed by atoms with Gasteiger partial charge in [0.25, 0.3) is 5.91 Å². The summed E-state index contributed by atoms with van der Waals surface area (Å²) in [6, 6.07) is 21.4. The third-order valence-corrected chi connectivity index (χ3v) is 3.79. The van der Waals surface area contributed by atoms with Gasteiger partial charge in [-0.2, -0.15) is 0 Å². The van der Waals surface area contributed by atoms with Gasteiger partial charge in [-0.05, 0) is 40.6 Å². The summed E-state index contributed by atoms with van der Waals surface area (Å²) in [7, 11) is 1.61. The van der Waals surface area contributed by atoms with E-state index in [1.807, 2.05) is 24.3 Å². The predicted octanol–water partition coefficient (Wildman–Crippen LogP) is 3.54. The highest BCUT2D eigenvalue weighted by Crippen LogP contribution is 2.18. The zero-order chi connectivity index (χ0) is 16.8. The van der Waals surface area contributed by atoms with Gasteiger partial charge in [0.15, 0.2) is 6.61 Å². The van der Waals surface area contributed by atoms with Gasteiger partial charge >= 0.3 is 0 Å². The molecule has 3 aromatic carbocycles. The molecule has 1 N–H and O–H groups in total. The van der Waals surface area contributed by atoms with Gasteiger partial charge in [-0.1, -0.05) is 42.5 Å². The SMILES string of the molecule is COc1ccc(OCC(=O)NCc2cccc3ccccc23)cc1. The van der Waals surface area contributed by atoms with Crippen LogP contribution in [0.15, 0.2) is 66.7 Å². The number of carbonyl (C=O) groups is 1. The summed E-state index contributed by atoms with van der Waals surface area (Å²) in [5.41, 5.74) is 1.09. The van der Waals surface area contributed by atoms with E-state index in [2.05, 4.69) is 23.5 Å². The van der Waals surface area contributed by atoms with Crippen LogP contribution in [0.2, 0.25) is 0 Å². The summed E-state index contributed by atoms with van der Waals surface area (Å²) < 4.78 is 10.6. The van der Waals surface area contributed by atoms with Crippen molar-refractivity contribution >= 4 is 16.7 Å². The number of methoxy groups -OCH3 is 1. The second kappa shape index (κ2) is 7.51. The topological polar surface area (TPSA) is 47.6 Å². The van der Waals surface area contributed by atoms with Crippen molar-refractivity contribution in [2.45, 2.75) is 6.54 Å². The average molecular weight is 321 g/mol. The van der Waals surface area contributed by atoms with Crippen LogP contribution in [0.4, 0.5) is 0 Å². The fraction of sp³-hybridized carbons (Fsp3) is 0.150. The normalized spacial score (nSPS) is 10.4. The lowest BCUT2D eigenvalue weighted by Gasteiger charge is -2.10. The van der Waals surface area contributed by atoms with Gasteiger partial charge in [0.1, 0.15) is 11.5 Å². The second-order valence-corrected chi connectivity index (χ2v) is 5.38. The average Bonchev–Trinajstić information content (AvgIpc) is 2.65. The Labute approximate surface area is 141 Å². The highest BCUT2D eigenvalue weighted by atomic mass is 16.5. The highest BCUT2D eigenvalue weighted by molar-refractivity contribution is 5.86. The molecule has 0 fully saturated rings. The first kappa shape index (κ1) is 15.9. The van der Waals surface area contributed by atoms with Crippen molar-refractivity contribution in [3.8, 4) is 11.5 Å². The molecule has 0 bridgehead atoms. The van der Waals surface area contributed by atoms with Crippen molar-refractivity contribution in [3.63, 3.8) is 0 Å². The molecule has 4 heteroatoms. The molecule has 0 aliphatic carbocycles. The number of nitrogens with one attached hydrogen (secondary N) is 1. The highest BCUT2D eigenvalue weighted by Gasteiger charge is 2.05. The van der Waals surface area contributed by atoms with E-state index < -0.39 is 0 Å².